The highest BCUT2D eigenvalue weighted by Crippen LogP contribution is 2.35. The standard InChI is InChI=1S/C8H16N2O4S/c1-10(7(4-9)6-2-3-6)15(13,14)5-8(11)12/h6-7H,2-5,9H2,1H3,(H,11,12). The monoisotopic (exact) mass is 236 g/mol. The van der Waals surface area contributed by atoms with Crippen molar-refractivity contribution < 1.29 is 18.3 Å². The van der Waals surface area contributed by atoms with Gasteiger partial charge in [-0.3, -0.25) is 4.79 Å². The average molecular weight is 236 g/mol. The quantitative estimate of drug-likeness (QED) is 0.620. The van der Waals surface area contributed by atoms with Gasteiger partial charge in [-0.05, 0) is 18.8 Å². The number of carboxylic acids is 1. The van der Waals surface area contributed by atoms with Gasteiger partial charge in [0.05, 0.1) is 0 Å². The molecule has 0 heterocycles. The Labute approximate surface area is 89.1 Å². The van der Waals surface area contributed by atoms with Gasteiger partial charge in [0, 0.05) is 19.6 Å². The van der Waals surface area contributed by atoms with Crippen LogP contribution in [0, 0.1) is 5.92 Å². The number of carbonyl (C=O) groups is 1. The molecule has 1 rings (SSSR count). The van der Waals surface area contributed by atoms with Crippen molar-refractivity contribution >= 4 is 16.0 Å². The average Bonchev–Trinajstić information content (AvgIpc) is 2.87. The van der Waals surface area contributed by atoms with E-state index in [4.69, 9.17) is 10.8 Å². The Bertz CT molecular complexity index is 337. The van der Waals surface area contributed by atoms with E-state index in [2.05, 4.69) is 0 Å². The third-order valence-corrected chi connectivity index (χ3v) is 4.38. The molecule has 1 atom stereocenters. The molecule has 0 spiro atoms. The number of aliphatic carboxylic acids is 1. The molecule has 6 nitrogen and oxygen atoms in total. The normalized spacial score (nSPS) is 19.1. The van der Waals surface area contributed by atoms with Crippen LogP contribution < -0.4 is 5.73 Å². The lowest BCUT2D eigenvalue weighted by molar-refractivity contribution is -0.134. The Morgan fingerprint density at radius 2 is 2.13 bits per heavy atom. The first kappa shape index (κ1) is 12.4. The van der Waals surface area contributed by atoms with Crippen molar-refractivity contribution in [3.63, 3.8) is 0 Å². The van der Waals surface area contributed by atoms with Crippen molar-refractivity contribution in [1.82, 2.24) is 4.31 Å². The summed E-state index contributed by atoms with van der Waals surface area (Å²) < 4.78 is 24.2. The molecular formula is C8H16N2O4S. The van der Waals surface area contributed by atoms with E-state index in [0.717, 1.165) is 17.1 Å². The molecule has 0 bridgehead atoms. The number of carboxylic acid groups (broad SMARTS) is 1. The second-order valence-electron chi connectivity index (χ2n) is 3.81. The van der Waals surface area contributed by atoms with E-state index >= 15 is 0 Å². The maximum Gasteiger partial charge on any atom is 0.320 e. The maximum atomic E-state index is 11.6. The van der Waals surface area contributed by atoms with Gasteiger partial charge in [-0.2, -0.15) is 4.31 Å². The second-order valence-corrected chi connectivity index (χ2v) is 5.84. The number of sulfonamides is 1. The Hall–Kier alpha value is -0.660. The molecule has 3 N–H and O–H groups in total. The van der Waals surface area contributed by atoms with Crippen LogP contribution in [0.15, 0.2) is 0 Å². The fourth-order valence-electron chi connectivity index (χ4n) is 1.58. The van der Waals surface area contributed by atoms with Gasteiger partial charge in [0.15, 0.2) is 5.75 Å². The van der Waals surface area contributed by atoms with Gasteiger partial charge in [0.25, 0.3) is 0 Å². The van der Waals surface area contributed by atoms with Crippen LogP contribution in [-0.4, -0.2) is 49.2 Å². The maximum absolute atomic E-state index is 11.6. The topological polar surface area (TPSA) is 101 Å². The molecule has 88 valence electrons. The highest BCUT2D eigenvalue weighted by atomic mass is 32.2. The van der Waals surface area contributed by atoms with Crippen molar-refractivity contribution in [2.75, 3.05) is 19.3 Å². The molecule has 1 aliphatic carbocycles. The number of nitrogens with two attached hydrogens (primary N) is 1. The Kier molecular flexibility index (Phi) is 3.69. The molecule has 0 radical (unpaired) electrons. The third-order valence-electron chi connectivity index (χ3n) is 2.62. The summed E-state index contributed by atoms with van der Waals surface area (Å²) in [5.74, 6) is -1.91. The number of likely N-dealkylation sites (N-methyl/N-ethyl adjacent to an activating group) is 1. The molecule has 1 saturated carbocycles. The molecule has 1 fully saturated rings. The zero-order valence-electron chi connectivity index (χ0n) is 8.59. The van der Waals surface area contributed by atoms with Gasteiger partial charge >= 0.3 is 5.97 Å². The van der Waals surface area contributed by atoms with E-state index in [1.54, 1.807) is 0 Å². The number of nitrogens with zero attached hydrogens (tertiary/aromatic N) is 1. The first-order valence-electron chi connectivity index (χ1n) is 4.76. The van der Waals surface area contributed by atoms with Crippen molar-refractivity contribution in [1.29, 1.82) is 0 Å². The highest BCUT2D eigenvalue weighted by molar-refractivity contribution is 7.89. The predicted molar refractivity (Wildman–Crippen MR) is 54.8 cm³/mol. The minimum atomic E-state index is -3.72. The summed E-state index contributed by atoms with van der Waals surface area (Å²) in [6, 6.07) is -0.255. The molecule has 0 aromatic carbocycles. The van der Waals surface area contributed by atoms with Crippen molar-refractivity contribution in [3.05, 3.63) is 0 Å². The molecule has 7 heteroatoms. The van der Waals surface area contributed by atoms with E-state index in [9.17, 15) is 13.2 Å². The van der Waals surface area contributed by atoms with Gasteiger partial charge < -0.3 is 10.8 Å². The van der Waals surface area contributed by atoms with Crippen LogP contribution in [0.2, 0.25) is 0 Å². The minimum Gasteiger partial charge on any atom is -0.480 e. The summed E-state index contributed by atoms with van der Waals surface area (Å²) in [5.41, 5.74) is 5.49. The van der Waals surface area contributed by atoms with Gasteiger partial charge in [0.2, 0.25) is 10.0 Å². The van der Waals surface area contributed by atoms with Gasteiger partial charge in [-0.15, -0.1) is 0 Å². The van der Waals surface area contributed by atoms with Crippen LogP contribution in [0.1, 0.15) is 12.8 Å². The minimum absolute atomic E-state index is 0.236. The lowest BCUT2D eigenvalue weighted by atomic mass is 10.2. The largest absolute Gasteiger partial charge is 0.480 e. The van der Waals surface area contributed by atoms with Gasteiger partial charge in [-0.1, -0.05) is 0 Å². The lowest BCUT2D eigenvalue weighted by Crippen LogP contribution is -2.45. The SMILES string of the molecule is CN(C(CN)C1CC1)S(=O)(=O)CC(=O)O. The van der Waals surface area contributed by atoms with Crippen molar-refractivity contribution in [3.8, 4) is 0 Å². The molecule has 0 saturated heterocycles. The molecule has 0 aromatic heterocycles. The first-order chi connectivity index (χ1) is 6.88. The van der Waals surface area contributed by atoms with Crippen LogP contribution in [0.3, 0.4) is 0 Å². The summed E-state index contributed by atoms with van der Waals surface area (Å²) in [6.07, 6.45) is 1.93. The first-order valence-corrected chi connectivity index (χ1v) is 6.37. The second kappa shape index (κ2) is 4.46. The van der Waals surface area contributed by atoms with Crippen molar-refractivity contribution in [2.24, 2.45) is 11.7 Å². The molecule has 1 aliphatic rings. The summed E-state index contributed by atoms with van der Waals surface area (Å²) in [7, 11) is -2.33. The smallest absolute Gasteiger partial charge is 0.320 e. The summed E-state index contributed by atoms with van der Waals surface area (Å²) in [6.45, 7) is 0.236. The van der Waals surface area contributed by atoms with Crippen LogP contribution in [0.4, 0.5) is 0 Å². The molecule has 0 amide bonds. The molecule has 0 aromatic rings. The van der Waals surface area contributed by atoms with Crippen LogP contribution in [0.25, 0.3) is 0 Å². The van der Waals surface area contributed by atoms with E-state index < -0.39 is 21.7 Å². The Morgan fingerprint density at radius 3 is 2.47 bits per heavy atom. The summed E-state index contributed by atoms with van der Waals surface area (Å²) in [5, 5.41) is 8.47. The molecule has 0 aliphatic heterocycles. The lowest BCUT2D eigenvalue weighted by Gasteiger charge is -2.25. The third kappa shape index (κ3) is 3.15. The van der Waals surface area contributed by atoms with E-state index in [0.29, 0.717) is 5.92 Å². The van der Waals surface area contributed by atoms with Crippen LogP contribution in [0.5, 0.6) is 0 Å². The van der Waals surface area contributed by atoms with Crippen LogP contribution >= 0.6 is 0 Å². The number of hydrogen-bond donors (Lipinski definition) is 2. The van der Waals surface area contributed by atoms with E-state index in [1.807, 2.05) is 0 Å². The fraction of sp³-hybridized carbons (Fsp3) is 0.875. The Morgan fingerprint density at radius 1 is 1.60 bits per heavy atom. The summed E-state index contributed by atoms with van der Waals surface area (Å²) in [4.78, 5) is 10.4. The van der Waals surface area contributed by atoms with Gasteiger partial charge in [-0.25, -0.2) is 8.42 Å². The van der Waals surface area contributed by atoms with Crippen molar-refractivity contribution in [2.45, 2.75) is 18.9 Å². The zero-order chi connectivity index (χ0) is 11.6. The Balaban J connectivity index is 2.72. The molecule has 1 unspecified atom stereocenters. The number of hydrogen-bond acceptors (Lipinski definition) is 4. The summed E-state index contributed by atoms with van der Waals surface area (Å²) >= 11 is 0. The molecule has 15 heavy (non-hydrogen) atoms. The molecular weight excluding hydrogens is 220 g/mol. The van der Waals surface area contributed by atoms with Gasteiger partial charge in [0.1, 0.15) is 0 Å². The zero-order valence-corrected chi connectivity index (χ0v) is 9.40. The highest BCUT2D eigenvalue weighted by Gasteiger charge is 2.38. The predicted octanol–water partition coefficient (Wildman–Crippen LogP) is -0.930. The van der Waals surface area contributed by atoms with E-state index in [-0.39, 0.29) is 12.6 Å². The fourth-order valence-corrected chi connectivity index (χ4v) is 2.77. The number of rotatable bonds is 6. The van der Waals surface area contributed by atoms with Crippen LogP contribution in [-0.2, 0) is 14.8 Å². The van der Waals surface area contributed by atoms with E-state index in [1.165, 1.54) is 7.05 Å².